The fourth-order valence-electron chi connectivity index (χ4n) is 1.63. The van der Waals surface area contributed by atoms with Gasteiger partial charge in [0, 0.05) is 13.7 Å². The van der Waals surface area contributed by atoms with E-state index >= 15 is 0 Å². The minimum atomic E-state index is -4.14. The zero-order valence-electron chi connectivity index (χ0n) is 11.5. The monoisotopic (exact) mass is 338 g/mol. The van der Waals surface area contributed by atoms with Gasteiger partial charge >= 0.3 is 0 Å². The Hall–Kier alpha value is -1.22. The van der Waals surface area contributed by atoms with Crippen molar-refractivity contribution in [1.82, 2.24) is 5.32 Å². The van der Waals surface area contributed by atoms with E-state index in [0.29, 0.717) is 6.61 Å². The summed E-state index contributed by atoms with van der Waals surface area (Å²) in [5, 5.41) is 7.06. The largest absolute Gasteiger partial charge is 0.384 e. The number of primary sulfonamides is 1. The summed E-state index contributed by atoms with van der Waals surface area (Å²) in [5.41, 5.74) is -0.437. The normalized spacial score (nSPS) is 13.0. The first-order valence-electron chi connectivity index (χ1n) is 5.95. The zero-order valence-corrected chi connectivity index (χ0v) is 13.1. The maximum Gasteiger partial charge on any atom is 0.254 e. The van der Waals surface area contributed by atoms with Gasteiger partial charge in [0.2, 0.25) is 10.0 Å². The van der Waals surface area contributed by atoms with Crippen molar-refractivity contribution < 1.29 is 22.3 Å². The molecule has 3 N–H and O–H groups in total. The van der Waals surface area contributed by atoms with E-state index in [1.165, 1.54) is 7.11 Å². The third kappa shape index (κ3) is 4.92. The van der Waals surface area contributed by atoms with Crippen molar-refractivity contribution in [1.29, 1.82) is 0 Å². The average Bonchev–Trinajstić information content (AvgIpc) is 2.34. The minimum Gasteiger partial charge on any atom is -0.384 e. The Morgan fingerprint density at radius 2 is 2.14 bits per heavy atom. The topological polar surface area (TPSA) is 98.5 Å². The number of nitrogens with one attached hydrogen (secondary N) is 1. The number of rotatable bonds is 6. The number of hydrogen-bond donors (Lipinski definition) is 2. The highest BCUT2D eigenvalue weighted by Gasteiger charge is 2.20. The Balaban J connectivity index is 3.00. The number of halogens is 2. The summed E-state index contributed by atoms with van der Waals surface area (Å²) < 4.78 is 41.3. The molecule has 0 fully saturated rings. The van der Waals surface area contributed by atoms with Gasteiger partial charge in [0.25, 0.3) is 5.91 Å². The van der Waals surface area contributed by atoms with Crippen LogP contribution in [0.3, 0.4) is 0 Å². The van der Waals surface area contributed by atoms with Crippen LogP contribution in [0.4, 0.5) is 4.39 Å². The first kappa shape index (κ1) is 17.8. The molecule has 0 spiro atoms. The molecule has 0 aliphatic heterocycles. The lowest BCUT2D eigenvalue weighted by Gasteiger charge is -2.12. The average molecular weight is 339 g/mol. The van der Waals surface area contributed by atoms with Crippen LogP contribution in [0.15, 0.2) is 17.0 Å². The molecule has 1 atom stereocenters. The molecule has 0 heterocycles. The second-order valence-electron chi connectivity index (χ2n) is 4.58. The van der Waals surface area contributed by atoms with Crippen molar-refractivity contribution >= 4 is 27.5 Å². The van der Waals surface area contributed by atoms with Crippen molar-refractivity contribution in [3.05, 3.63) is 28.5 Å². The standard InChI is InChI=1S/C12H16ClFN2O4S/c1-7(6-20-2)5-16-12(17)8-3-11(21(15,18)19)9(13)4-10(8)14/h3-4,7H,5-6H2,1-2H3,(H,16,17)(H2,15,18,19). The summed E-state index contributed by atoms with van der Waals surface area (Å²) in [4.78, 5) is 11.4. The van der Waals surface area contributed by atoms with E-state index in [0.717, 1.165) is 12.1 Å². The highest BCUT2D eigenvalue weighted by molar-refractivity contribution is 7.89. The van der Waals surface area contributed by atoms with Gasteiger partial charge in [-0.1, -0.05) is 18.5 Å². The Kier molecular flexibility index (Phi) is 6.09. The van der Waals surface area contributed by atoms with E-state index in [-0.39, 0.29) is 17.5 Å². The molecule has 0 bridgehead atoms. The fourth-order valence-corrected chi connectivity index (χ4v) is 2.71. The molecule has 0 aliphatic rings. The highest BCUT2D eigenvalue weighted by atomic mass is 35.5. The molecule has 0 saturated carbocycles. The maximum absolute atomic E-state index is 13.7. The van der Waals surface area contributed by atoms with Crippen LogP contribution in [-0.2, 0) is 14.8 Å². The van der Waals surface area contributed by atoms with E-state index in [1.807, 2.05) is 6.92 Å². The summed E-state index contributed by atoms with van der Waals surface area (Å²) in [6.45, 7) is 2.50. The summed E-state index contributed by atoms with van der Waals surface area (Å²) >= 11 is 5.61. The molecule has 6 nitrogen and oxygen atoms in total. The molecule has 0 radical (unpaired) electrons. The van der Waals surface area contributed by atoms with Crippen LogP contribution >= 0.6 is 11.6 Å². The number of amides is 1. The molecular formula is C12H16ClFN2O4S. The SMILES string of the molecule is COCC(C)CNC(=O)c1cc(S(N)(=O)=O)c(Cl)cc1F. The van der Waals surface area contributed by atoms with Gasteiger partial charge in [0.1, 0.15) is 10.7 Å². The smallest absolute Gasteiger partial charge is 0.254 e. The third-order valence-electron chi connectivity index (χ3n) is 2.63. The molecule has 1 unspecified atom stereocenters. The van der Waals surface area contributed by atoms with Crippen molar-refractivity contribution in [2.75, 3.05) is 20.3 Å². The lowest BCUT2D eigenvalue weighted by Crippen LogP contribution is -2.30. The summed E-state index contributed by atoms with van der Waals surface area (Å²) in [6.07, 6.45) is 0. The fraction of sp³-hybridized carbons (Fsp3) is 0.417. The van der Waals surface area contributed by atoms with Gasteiger partial charge in [-0.15, -0.1) is 0 Å². The Bertz CT molecular complexity index is 636. The van der Waals surface area contributed by atoms with Gasteiger partial charge in [-0.3, -0.25) is 4.79 Å². The van der Waals surface area contributed by atoms with Crippen molar-refractivity contribution in [2.24, 2.45) is 11.1 Å². The second kappa shape index (κ2) is 7.17. The van der Waals surface area contributed by atoms with Crippen LogP contribution in [0.1, 0.15) is 17.3 Å². The van der Waals surface area contributed by atoms with Crippen LogP contribution in [0.25, 0.3) is 0 Å². The van der Waals surface area contributed by atoms with Crippen LogP contribution in [0, 0.1) is 11.7 Å². The Labute approximate surface area is 127 Å². The predicted molar refractivity (Wildman–Crippen MR) is 76.2 cm³/mol. The second-order valence-corrected chi connectivity index (χ2v) is 6.52. The van der Waals surface area contributed by atoms with E-state index in [2.05, 4.69) is 5.32 Å². The molecule has 0 saturated heterocycles. The van der Waals surface area contributed by atoms with Crippen molar-refractivity contribution in [2.45, 2.75) is 11.8 Å². The molecule has 0 aliphatic carbocycles. The van der Waals surface area contributed by atoms with Gasteiger partial charge in [0.15, 0.2) is 0 Å². The molecule has 1 rings (SSSR count). The summed E-state index contributed by atoms with van der Waals surface area (Å²) in [6, 6.07) is 1.57. The quantitative estimate of drug-likeness (QED) is 0.812. The van der Waals surface area contributed by atoms with Crippen molar-refractivity contribution in [3.63, 3.8) is 0 Å². The van der Waals surface area contributed by atoms with Gasteiger partial charge < -0.3 is 10.1 Å². The number of benzene rings is 1. The van der Waals surface area contributed by atoms with Crippen LogP contribution in [-0.4, -0.2) is 34.6 Å². The van der Waals surface area contributed by atoms with Gasteiger partial charge in [-0.2, -0.15) is 0 Å². The maximum atomic E-state index is 13.7. The molecule has 0 aromatic heterocycles. The molecular weight excluding hydrogens is 323 g/mol. The minimum absolute atomic E-state index is 0.0204. The molecule has 1 aromatic rings. The third-order valence-corrected chi connectivity index (χ3v) is 4.01. The predicted octanol–water partition coefficient (Wildman–Crippen LogP) is 1.14. The van der Waals surface area contributed by atoms with E-state index < -0.39 is 32.2 Å². The first-order chi connectivity index (χ1) is 9.66. The molecule has 1 aromatic carbocycles. The van der Waals surface area contributed by atoms with Crippen molar-refractivity contribution in [3.8, 4) is 0 Å². The lowest BCUT2D eigenvalue weighted by atomic mass is 10.1. The summed E-state index contributed by atoms with van der Waals surface area (Å²) in [5.74, 6) is -1.66. The van der Waals surface area contributed by atoms with E-state index in [4.69, 9.17) is 21.5 Å². The molecule has 118 valence electrons. The first-order valence-corrected chi connectivity index (χ1v) is 7.88. The number of carbonyl (C=O) groups is 1. The number of ether oxygens (including phenoxy) is 1. The van der Waals surface area contributed by atoms with E-state index in [9.17, 15) is 17.6 Å². The van der Waals surface area contributed by atoms with Crippen LogP contribution < -0.4 is 10.5 Å². The van der Waals surface area contributed by atoms with Gasteiger partial charge in [-0.25, -0.2) is 17.9 Å². The zero-order chi connectivity index (χ0) is 16.2. The molecule has 1 amide bonds. The number of nitrogens with two attached hydrogens (primary N) is 1. The summed E-state index contributed by atoms with van der Waals surface area (Å²) in [7, 11) is -2.62. The van der Waals surface area contributed by atoms with Crippen LogP contribution in [0.5, 0.6) is 0 Å². The van der Waals surface area contributed by atoms with E-state index in [1.54, 1.807) is 0 Å². The number of sulfonamides is 1. The number of carbonyl (C=O) groups excluding carboxylic acids is 1. The van der Waals surface area contributed by atoms with Gasteiger partial charge in [-0.05, 0) is 18.1 Å². The Morgan fingerprint density at radius 3 is 2.67 bits per heavy atom. The lowest BCUT2D eigenvalue weighted by molar-refractivity contribution is 0.0930. The van der Waals surface area contributed by atoms with Crippen LogP contribution in [0.2, 0.25) is 5.02 Å². The number of hydrogen-bond acceptors (Lipinski definition) is 4. The molecule has 9 heteroatoms. The highest BCUT2D eigenvalue weighted by Crippen LogP contribution is 2.24. The molecule has 21 heavy (non-hydrogen) atoms. The Morgan fingerprint density at radius 1 is 1.52 bits per heavy atom. The van der Waals surface area contributed by atoms with Gasteiger partial charge in [0.05, 0.1) is 17.2 Å². The number of methoxy groups -OCH3 is 1.